The molecule has 3 unspecified atom stereocenters. The SMILES string of the molecule is CC(C)(Cl)C1=CC(C(C)(C)Cl)(C(C)(C)c2ccccc2)C(Cl)(C(C)(C)c2ccccc2)C(C(C)(C)Cl)(C(C)(C)c2ccccc2)C1. The smallest absolute Gasteiger partial charge is 0.0737 e. The van der Waals surface area contributed by atoms with Crippen LogP contribution in [0.2, 0.25) is 0 Å². The number of allylic oxidation sites excluding steroid dienone is 2. The molecular weight excluding hydrogens is 646 g/mol. The largest absolute Gasteiger partial charge is 0.119 e. The Balaban J connectivity index is 2.44. The van der Waals surface area contributed by atoms with Gasteiger partial charge in [-0.2, -0.15) is 0 Å². The minimum absolute atomic E-state index is 0.574. The summed E-state index contributed by atoms with van der Waals surface area (Å²) >= 11 is 32.8. The summed E-state index contributed by atoms with van der Waals surface area (Å²) in [5, 5.41) is 0. The Labute approximate surface area is 300 Å². The van der Waals surface area contributed by atoms with E-state index in [2.05, 4.69) is 180 Å². The highest BCUT2D eigenvalue weighted by atomic mass is 35.5. The summed E-state index contributed by atoms with van der Waals surface area (Å²) in [6.07, 6.45) is 2.99. The quantitative estimate of drug-likeness (QED) is 0.154. The van der Waals surface area contributed by atoms with Gasteiger partial charge in [-0.1, -0.05) is 144 Å². The fourth-order valence-corrected chi connectivity index (χ4v) is 12.0. The molecule has 0 nitrogen and oxygen atoms in total. The van der Waals surface area contributed by atoms with Gasteiger partial charge in [0.05, 0.1) is 14.6 Å². The molecule has 3 aromatic carbocycles. The number of alkyl halides is 4. The standard InChI is InChI=1S/C42H54Cl4/c1-34(2,30-22-16-13-17-23-30)40(38(9,10)44)28-33(37(7,8)43)29-41(39(11,12)45,35(3,4)31-24-18-14-19-25-31)42(40,46)36(5,6)32-26-20-15-21-27-32/h13-28H,29H2,1-12H3. The van der Waals surface area contributed by atoms with Crippen molar-refractivity contribution < 1.29 is 0 Å². The summed E-state index contributed by atoms with van der Waals surface area (Å²) in [5.74, 6) is 0. The van der Waals surface area contributed by atoms with Gasteiger partial charge in [-0.25, -0.2) is 0 Å². The third-order valence-electron chi connectivity index (χ3n) is 12.1. The second-order valence-corrected chi connectivity index (χ2v) is 20.0. The molecule has 0 saturated carbocycles. The van der Waals surface area contributed by atoms with E-state index >= 15 is 0 Å². The van der Waals surface area contributed by atoms with Crippen LogP contribution >= 0.6 is 46.4 Å². The molecule has 4 rings (SSSR count). The zero-order valence-electron chi connectivity index (χ0n) is 30.0. The zero-order valence-corrected chi connectivity index (χ0v) is 33.0. The molecule has 0 aliphatic heterocycles. The summed E-state index contributed by atoms with van der Waals surface area (Å²) in [5.41, 5.74) is 0.924. The van der Waals surface area contributed by atoms with Gasteiger partial charge < -0.3 is 0 Å². The van der Waals surface area contributed by atoms with Crippen LogP contribution in [0.3, 0.4) is 0 Å². The van der Waals surface area contributed by atoms with Crippen molar-refractivity contribution in [3.8, 4) is 0 Å². The molecule has 0 bridgehead atoms. The Bertz CT molecular complexity index is 1530. The van der Waals surface area contributed by atoms with E-state index in [1.165, 1.54) is 5.56 Å². The number of rotatable bonds is 9. The van der Waals surface area contributed by atoms with Gasteiger partial charge >= 0.3 is 0 Å². The number of benzene rings is 3. The predicted molar refractivity (Wildman–Crippen MR) is 204 cm³/mol. The number of hydrogen-bond acceptors (Lipinski definition) is 0. The first-order valence-electron chi connectivity index (χ1n) is 16.5. The van der Waals surface area contributed by atoms with Crippen molar-refractivity contribution in [2.45, 2.75) is 125 Å². The van der Waals surface area contributed by atoms with Crippen LogP contribution < -0.4 is 0 Å². The minimum atomic E-state index is -1.13. The Kier molecular flexibility index (Phi) is 9.64. The average molecular weight is 701 g/mol. The van der Waals surface area contributed by atoms with Crippen LogP contribution in [0.1, 0.15) is 106 Å². The predicted octanol–water partition coefficient (Wildman–Crippen LogP) is 13.3. The molecule has 4 heteroatoms. The Morgan fingerprint density at radius 2 is 0.826 bits per heavy atom. The van der Waals surface area contributed by atoms with Crippen molar-refractivity contribution in [2.75, 3.05) is 0 Å². The molecule has 0 saturated heterocycles. The maximum atomic E-state index is 9.14. The molecule has 3 aromatic rings. The van der Waals surface area contributed by atoms with Gasteiger partial charge in [0, 0.05) is 26.5 Å². The average Bonchev–Trinajstić information content (AvgIpc) is 2.96. The van der Waals surface area contributed by atoms with Gasteiger partial charge in [-0.15, -0.1) is 46.4 Å². The molecule has 0 spiro atoms. The lowest BCUT2D eigenvalue weighted by Crippen LogP contribution is -2.81. The van der Waals surface area contributed by atoms with Crippen molar-refractivity contribution in [3.63, 3.8) is 0 Å². The van der Waals surface area contributed by atoms with E-state index < -0.39 is 46.6 Å². The van der Waals surface area contributed by atoms with E-state index in [4.69, 9.17) is 46.4 Å². The first kappa shape index (κ1) is 37.4. The molecule has 250 valence electrons. The van der Waals surface area contributed by atoms with Crippen LogP contribution in [-0.2, 0) is 16.2 Å². The third-order valence-corrected chi connectivity index (χ3v) is 14.1. The zero-order chi connectivity index (χ0) is 34.8. The van der Waals surface area contributed by atoms with Gasteiger partial charge in [0.2, 0.25) is 0 Å². The molecule has 1 aliphatic rings. The lowest BCUT2D eigenvalue weighted by Gasteiger charge is -2.77. The van der Waals surface area contributed by atoms with Gasteiger partial charge in [0.1, 0.15) is 0 Å². The highest BCUT2D eigenvalue weighted by Crippen LogP contribution is 2.80. The molecule has 0 heterocycles. The van der Waals surface area contributed by atoms with Gasteiger partial charge in [-0.05, 0) is 70.1 Å². The molecule has 46 heavy (non-hydrogen) atoms. The van der Waals surface area contributed by atoms with Crippen LogP contribution in [0.4, 0.5) is 0 Å². The van der Waals surface area contributed by atoms with Crippen molar-refractivity contribution in [1.29, 1.82) is 0 Å². The van der Waals surface area contributed by atoms with E-state index in [0.29, 0.717) is 6.42 Å². The van der Waals surface area contributed by atoms with E-state index in [1.807, 2.05) is 0 Å². The minimum Gasteiger partial charge on any atom is -0.119 e. The second kappa shape index (κ2) is 11.9. The van der Waals surface area contributed by atoms with E-state index in [-0.39, 0.29) is 0 Å². The summed E-state index contributed by atoms with van der Waals surface area (Å²) < 4.78 is 0. The van der Waals surface area contributed by atoms with Crippen molar-refractivity contribution in [1.82, 2.24) is 0 Å². The number of hydrogen-bond donors (Lipinski definition) is 0. The molecule has 0 radical (unpaired) electrons. The molecule has 0 aromatic heterocycles. The number of halogens is 4. The van der Waals surface area contributed by atoms with Crippen LogP contribution in [0.25, 0.3) is 0 Å². The van der Waals surface area contributed by atoms with Crippen molar-refractivity contribution in [3.05, 3.63) is 119 Å². The first-order valence-corrected chi connectivity index (χ1v) is 18.0. The maximum Gasteiger partial charge on any atom is 0.0737 e. The maximum absolute atomic E-state index is 9.14. The van der Waals surface area contributed by atoms with E-state index in [9.17, 15) is 0 Å². The topological polar surface area (TPSA) is 0 Å². The molecule has 0 amide bonds. The monoisotopic (exact) mass is 698 g/mol. The first-order chi connectivity index (χ1) is 20.9. The Morgan fingerprint density at radius 1 is 0.478 bits per heavy atom. The van der Waals surface area contributed by atoms with E-state index in [0.717, 1.165) is 16.7 Å². The summed E-state index contributed by atoms with van der Waals surface area (Å²) in [4.78, 5) is -3.58. The van der Waals surface area contributed by atoms with Gasteiger partial charge in [-0.3, -0.25) is 0 Å². The van der Waals surface area contributed by atoms with Crippen LogP contribution in [0.15, 0.2) is 103 Å². The summed E-state index contributed by atoms with van der Waals surface area (Å²) in [7, 11) is 0. The van der Waals surface area contributed by atoms with Crippen molar-refractivity contribution >= 4 is 46.4 Å². The van der Waals surface area contributed by atoms with Crippen LogP contribution in [-0.4, -0.2) is 19.5 Å². The van der Waals surface area contributed by atoms with Crippen LogP contribution in [0.5, 0.6) is 0 Å². The highest BCUT2D eigenvalue weighted by Gasteiger charge is 2.82. The summed E-state index contributed by atoms with van der Waals surface area (Å²) in [6.45, 7) is 26.7. The van der Waals surface area contributed by atoms with E-state index in [1.54, 1.807) is 0 Å². The lowest BCUT2D eigenvalue weighted by atomic mass is 9.32. The molecule has 0 N–H and O–H groups in total. The van der Waals surface area contributed by atoms with Gasteiger partial charge in [0.15, 0.2) is 0 Å². The summed E-state index contributed by atoms with van der Waals surface area (Å²) in [6, 6.07) is 32.1. The van der Waals surface area contributed by atoms with Gasteiger partial charge in [0.25, 0.3) is 0 Å². The lowest BCUT2D eigenvalue weighted by molar-refractivity contribution is -0.100. The highest BCUT2D eigenvalue weighted by molar-refractivity contribution is 6.32. The Hall–Kier alpha value is -1.44. The molecule has 0 fully saturated rings. The molecular formula is C42H54Cl4. The molecule has 3 atom stereocenters. The molecule has 1 aliphatic carbocycles. The Morgan fingerprint density at radius 3 is 1.15 bits per heavy atom. The normalized spacial score (nSPS) is 25.3. The fourth-order valence-electron chi connectivity index (χ4n) is 9.75. The van der Waals surface area contributed by atoms with Crippen molar-refractivity contribution in [2.24, 2.45) is 10.8 Å². The fraction of sp³-hybridized carbons (Fsp3) is 0.524. The third kappa shape index (κ3) is 5.14. The van der Waals surface area contributed by atoms with Crippen LogP contribution in [0, 0.1) is 10.8 Å². The second-order valence-electron chi connectivity index (χ2n) is 16.6.